The number of hydrogen-bond acceptors (Lipinski definition) is 4. The lowest BCUT2D eigenvalue weighted by atomic mass is 9.81. The van der Waals surface area contributed by atoms with Crippen LogP contribution < -0.4 is 5.32 Å². The first-order valence-corrected chi connectivity index (χ1v) is 13.0. The molecular weight excluding hydrogens is 459 g/mol. The highest BCUT2D eigenvalue weighted by atomic mass is 32.2. The Labute approximate surface area is 191 Å². The molecule has 0 unspecified atom stereocenters. The van der Waals surface area contributed by atoms with Crippen LogP contribution in [0.5, 0.6) is 0 Å². The van der Waals surface area contributed by atoms with E-state index in [0.29, 0.717) is 63.5 Å². The number of carbonyl (C=O) groups is 2. The van der Waals surface area contributed by atoms with Crippen molar-refractivity contribution >= 4 is 21.8 Å². The standard InChI is InChI=1S/C22H28F3N3O4S/c1-33(31,32)18-12-17(22(23,24)25)5-4-16(18)11-15-6-9-27(10-7-15)20(30)28-13-21(14-28)8-2-3-19(29)26-21/h4-5,12,15H,2-3,6-11,13-14H2,1H3,(H,26,29). The van der Waals surface area contributed by atoms with E-state index in [0.717, 1.165) is 25.2 Å². The van der Waals surface area contributed by atoms with Gasteiger partial charge in [0.1, 0.15) is 0 Å². The van der Waals surface area contributed by atoms with Crippen LogP contribution in [-0.4, -0.2) is 68.1 Å². The van der Waals surface area contributed by atoms with Crippen LogP contribution in [0, 0.1) is 5.92 Å². The summed E-state index contributed by atoms with van der Waals surface area (Å²) in [4.78, 5) is 27.7. The van der Waals surface area contributed by atoms with Crippen molar-refractivity contribution < 1.29 is 31.2 Å². The van der Waals surface area contributed by atoms with Gasteiger partial charge in [0.25, 0.3) is 0 Å². The monoisotopic (exact) mass is 487 g/mol. The first-order chi connectivity index (χ1) is 15.4. The van der Waals surface area contributed by atoms with E-state index < -0.39 is 21.6 Å². The largest absolute Gasteiger partial charge is 0.416 e. The van der Waals surface area contributed by atoms with Gasteiger partial charge < -0.3 is 15.1 Å². The molecule has 7 nitrogen and oxygen atoms in total. The molecule has 1 aromatic rings. The normalized spacial score (nSPS) is 21.6. The van der Waals surface area contributed by atoms with Gasteiger partial charge in [-0.3, -0.25) is 4.79 Å². The van der Waals surface area contributed by atoms with E-state index in [4.69, 9.17) is 0 Å². The molecular formula is C22H28F3N3O4S. The maximum absolute atomic E-state index is 13.0. The van der Waals surface area contributed by atoms with Gasteiger partial charge in [0.15, 0.2) is 9.84 Å². The number of alkyl halides is 3. The molecule has 182 valence electrons. The second-order valence-corrected chi connectivity index (χ2v) is 11.5. The molecule has 1 spiro atoms. The maximum atomic E-state index is 13.0. The number of sulfone groups is 1. The maximum Gasteiger partial charge on any atom is 0.416 e. The molecule has 0 radical (unpaired) electrons. The lowest BCUT2D eigenvalue weighted by Crippen LogP contribution is -2.73. The van der Waals surface area contributed by atoms with E-state index in [1.54, 1.807) is 9.80 Å². The third-order valence-electron chi connectivity index (χ3n) is 6.91. The zero-order valence-electron chi connectivity index (χ0n) is 18.5. The molecule has 1 N–H and O–H groups in total. The lowest BCUT2D eigenvalue weighted by Gasteiger charge is -2.53. The summed E-state index contributed by atoms with van der Waals surface area (Å²) in [6, 6.07) is 2.83. The second-order valence-electron chi connectivity index (χ2n) is 9.55. The number of benzene rings is 1. The smallest absolute Gasteiger partial charge is 0.347 e. The fourth-order valence-electron chi connectivity index (χ4n) is 5.15. The Hall–Kier alpha value is -2.30. The number of nitrogens with one attached hydrogen (secondary N) is 1. The minimum atomic E-state index is -4.61. The zero-order chi connectivity index (χ0) is 24.0. The Kier molecular flexibility index (Phi) is 6.13. The number of urea groups is 1. The highest BCUT2D eigenvalue weighted by Gasteiger charge is 2.48. The van der Waals surface area contributed by atoms with Crippen molar-refractivity contribution in [2.24, 2.45) is 5.92 Å². The Morgan fingerprint density at radius 3 is 2.42 bits per heavy atom. The summed E-state index contributed by atoms with van der Waals surface area (Å²) in [5.74, 6) is 0.109. The van der Waals surface area contributed by atoms with E-state index in [1.165, 1.54) is 6.07 Å². The zero-order valence-corrected chi connectivity index (χ0v) is 19.3. The van der Waals surface area contributed by atoms with E-state index in [2.05, 4.69) is 5.32 Å². The van der Waals surface area contributed by atoms with Gasteiger partial charge in [-0.25, -0.2) is 13.2 Å². The highest BCUT2D eigenvalue weighted by molar-refractivity contribution is 7.90. The molecule has 3 fully saturated rings. The molecule has 3 aliphatic rings. The molecule has 0 bridgehead atoms. The van der Waals surface area contributed by atoms with Gasteiger partial charge in [-0.15, -0.1) is 0 Å². The number of rotatable bonds is 3. The SMILES string of the molecule is CS(=O)(=O)c1cc(C(F)(F)F)ccc1CC1CCN(C(=O)N2CC3(CCCC(=O)N3)C2)CC1. The van der Waals surface area contributed by atoms with Crippen molar-refractivity contribution in [3.8, 4) is 0 Å². The highest BCUT2D eigenvalue weighted by Crippen LogP contribution is 2.34. The minimum Gasteiger partial charge on any atom is -0.347 e. The third-order valence-corrected chi connectivity index (χ3v) is 8.09. The van der Waals surface area contributed by atoms with Crippen LogP contribution in [0.4, 0.5) is 18.0 Å². The molecule has 4 rings (SSSR count). The van der Waals surface area contributed by atoms with Crippen LogP contribution in [0.25, 0.3) is 0 Å². The number of carbonyl (C=O) groups excluding carboxylic acids is 2. The van der Waals surface area contributed by atoms with Crippen molar-refractivity contribution in [1.82, 2.24) is 15.1 Å². The van der Waals surface area contributed by atoms with E-state index in [9.17, 15) is 31.2 Å². The fraction of sp³-hybridized carbons (Fsp3) is 0.636. The average Bonchev–Trinajstić information content (AvgIpc) is 2.70. The minimum absolute atomic E-state index is 0.0332. The van der Waals surface area contributed by atoms with Crippen LogP contribution in [0.1, 0.15) is 43.2 Å². The summed E-state index contributed by atoms with van der Waals surface area (Å²) in [6.45, 7) is 2.05. The van der Waals surface area contributed by atoms with Crippen molar-refractivity contribution in [2.45, 2.75) is 55.1 Å². The molecule has 3 heterocycles. The second kappa shape index (κ2) is 8.48. The van der Waals surface area contributed by atoms with Gasteiger partial charge in [-0.1, -0.05) is 6.07 Å². The number of halogens is 3. The summed E-state index contributed by atoms with van der Waals surface area (Å²) in [5, 5.41) is 3.01. The number of amides is 3. The van der Waals surface area contributed by atoms with Gasteiger partial charge in [-0.05, 0) is 55.7 Å². The topological polar surface area (TPSA) is 86.8 Å². The Balaban J connectivity index is 1.34. The summed E-state index contributed by atoms with van der Waals surface area (Å²) in [7, 11) is -3.82. The van der Waals surface area contributed by atoms with Gasteiger partial charge in [-0.2, -0.15) is 13.2 Å². The predicted octanol–water partition coefficient (Wildman–Crippen LogP) is 2.84. The first kappa shape index (κ1) is 23.8. The predicted molar refractivity (Wildman–Crippen MR) is 114 cm³/mol. The summed E-state index contributed by atoms with van der Waals surface area (Å²) >= 11 is 0. The first-order valence-electron chi connectivity index (χ1n) is 11.1. The molecule has 0 aliphatic carbocycles. The molecule has 11 heteroatoms. The number of likely N-dealkylation sites (tertiary alicyclic amines) is 2. The van der Waals surface area contributed by atoms with Crippen LogP contribution in [0.3, 0.4) is 0 Å². The van der Waals surface area contributed by atoms with Gasteiger partial charge >= 0.3 is 12.2 Å². The number of piperidine rings is 2. The third kappa shape index (κ3) is 5.12. The van der Waals surface area contributed by atoms with E-state index in [1.807, 2.05) is 0 Å². The molecule has 0 atom stereocenters. The van der Waals surface area contributed by atoms with E-state index >= 15 is 0 Å². The number of hydrogen-bond donors (Lipinski definition) is 1. The van der Waals surface area contributed by atoms with Crippen LogP contribution >= 0.6 is 0 Å². The van der Waals surface area contributed by atoms with Gasteiger partial charge in [0.05, 0.1) is 16.0 Å². The summed E-state index contributed by atoms with van der Waals surface area (Å²) in [5.41, 5.74) is -0.880. The van der Waals surface area contributed by atoms with Crippen LogP contribution in [0.15, 0.2) is 23.1 Å². The molecule has 3 aliphatic heterocycles. The van der Waals surface area contributed by atoms with Crippen molar-refractivity contribution in [1.29, 1.82) is 0 Å². The van der Waals surface area contributed by atoms with Gasteiger partial charge in [0, 0.05) is 38.9 Å². The number of nitrogens with zero attached hydrogens (tertiary/aromatic N) is 2. The Bertz CT molecular complexity index is 1040. The quantitative estimate of drug-likeness (QED) is 0.711. The Morgan fingerprint density at radius 2 is 1.85 bits per heavy atom. The van der Waals surface area contributed by atoms with E-state index in [-0.39, 0.29) is 28.3 Å². The fourth-order valence-corrected chi connectivity index (χ4v) is 6.12. The molecule has 3 saturated heterocycles. The molecule has 33 heavy (non-hydrogen) atoms. The lowest BCUT2D eigenvalue weighted by molar-refractivity contribution is -0.137. The summed E-state index contributed by atoms with van der Waals surface area (Å²) in [6.07, 6.45) is 0.183. The average molecular weight is 488 g/mol. The van der Waals surface area contributed by atoms with Gasteiger partial charge in [0.2, 0.25) is 5.91 Å². The Morgan fingerprint density at radius 1 is 1.18 bits per heavy atom. The molecule has 3 amide bonds. The molecule has 1 aromatic carbocycles. The van der Waals surface area contributed by atoms with Crippen LogP contribution in [-0.2, 0) is 27.2 Å². The summed E-state index contributed by atoms with van der Waals surface area (Å²) < 4.78 is 63.4. The molecule has 0 aromatic heterocycles. The van der Waals surface area contributed by atoms with Crippen molar-refractivity contribution in [2.75, 3.05) is 32.4 Å². The van der Waals surface area contributed by atoms with Crippen LogP contribution in [0.2, 0.25) is 0 Å². The molecule has 0 saturated carbocycles. The van der Waals surface area contributed by atoms with Crippen molar-refractivity contribution in [3.63, 3.8) is 0 Å². The van der Waals surface area contributed by atoms with Crippen molar-refractivity contribution in [3.05, 3.63) is 29.3 Å².